The van der Waals surface area contributed by atoms with Gasteiger partial charge in [0.2, 0.25) is 5.91 Å². The smallest absolute Gasteiger partial charge is 0.247 e. The van der Waals surface area contributed by atoms with E-state index in [1.165, 1.54) is 0 Å². The molecule has 4 nitrogen and oxygen atoms in total. The summed E-state index contributed by atoms with van der Waals surface area (Å²) in [6.45, 7) is 4.83. The lowest BCUT2D eigenvalue weighted by Gasteiger charge is -2.43. The predicted octanol–water partition coefficient (Wildman–Crippen LogP) is 1.21. The van der Waals surface area contributed by atoms with Gasteiger partial charge in [-0.1, -0.05) is 12.1 Å². The van der Waals surface area contributed by atoms with E-state index in [0.717, 1.165) is 11.4 Å². The second kappa shape index (κ2) is 4.04. The number of carbonyl (C=O) groups is 1. The Morgan fingerprint density at radius 3 is 2.47 bits per heavy atom. The molecule has 1 aromatic carbocycles. The van der Waals surface area contributed by atoms with Crippen LogP contribution < -0.4 is 15.5 Å². The van der Waals surface area contributed by atoms with Crippen molar-refractivity contribution in [2.24, 2.45) is 5.73 Å². The van der Waals surface area contributed by atoms with Gasteiger partial charge in [-0.15, -0.1) is 0 Å². The summed E-state index contributed by atoms with van der Waals surface area (Å²) < 4.78 is 0. The van der Waals surface area contributed by atoms with Crippen molar-refractivity contribution in [2.45, 2.75) is 19.4 Å². The van der Waals surface area contributed by atoms with E-state index >= 15 is 0 Å². The van der Waals surface area contributed by atoms with Crippen LogP contribution in [0.2, 0.25) is 0 Å². The Hall–Kier alpha value is -1.55. The molecule has 1 aromatic rings. The number of fused-ring (bicyclic) bond motifs is 1. The fraction of sp³-hybridized carbons (Fsp3) is 0.462. The highest BCUT2D eigenvalue weighted by Crippen LogP contribution is 2.36. The lowest BCUT2D eigenvalue weighted by Crippen LogP contribution is -2.57. The third kappa shape index (κ3) is 1.89. The van der Waals surface area contributed by atoms with E-state index in [1.54, 1.807) is 0 Å². The highest BCUT2D eigenvalue weighted by atomic mass is 16.2. The zero-order valence-corrected chi connectivity index (χ0v) is 10.6. The van der Waals surface area contributed by atoms with Gasteiger partial charge < -0.3 is 15.5 Å². The molecule has 0 fully saturated rings. The first-order valence-electron chi connectivity index (χ1n) is 5.80. The standard InChI is InChI=1S/C13H19N3O/c1-13(2,9-14)16-11-7-5-4-6-10(11)15(3)8-12(16)17/h4-7H,8-9,14H2,1-3H3. The monoisotopic (exact) mass is 233 g/mol. The number of nitrogens with zero attached hydrogens (tertiary/aromatic N) is 2. The maximum atomic E-state index is 12.2. The van der Waals surface area contributed by atoms with E-state index in [-0.39, 0.29) is 11.4 Å². The van der Waals surface area contributed by atoms with E-state index in [0.29, 0.717) is 13.1 Å². The van der Waals surface area contributed by atoms with Crippen molar-refractivity contribution < 1.29 is 4.79 Å². The van der Waals surface area contributed by atoms with Crippen LogP contribution >= 0.6 is 0 Å². The third-order valence-corrected chi connectivity index (χ3v) is 3.26. The minimum atomic E-state index is -0.353. The molecular weight excluding hydrogens is 214 g/mol. The maximum absolute atomic E-state index is 12.2. The van der Waals surface area contributed by atoms with Crippen molar-refractivity contribution in [3.63, 3.8) is 0 Å². The zero-order chi connectivity index (χ0) is 12.6. The lowest BCUT2D eigenvalue weighted by molar-refractivity contribution is -0.118. The summed E-state index contributed by atoms with van der Waals surface area (Å²) in [6.07, 6.45) is 0. The summed E-state index contributed by atoms with van der Waals surface area (Å²) in [4.78, 5) is 16.0. The molecule has 0 saturated carbocycles. The number of carbonyl (C=O) groups excluding carboxylic acids is 1. The van der Waals surface area contributed by atoms with Crippen LogP contribution in [0.25, 0.3) is 0 Å². The van der Waals surface area contributed by atoms with Crippen molar-refractivity contribution in [3.8, 4) is 0 Å². The van der Waals surface area contributed by atoms with Crippen molar-refractivity contribution >= 4 is 17.3 Å². The molecule has 92 valence electrons. The number of anilines is 2. The fourth-order valence-corrected chi connectivity index (χ4v) is 2.22. The molecule has 1 aliphatic rings. The maximum Gasteiger partial charge on any atom is 0.247 e. The van der Waals surface area contributed by atoms with Crippen LogP contribution in [0.1, 0.15) is 13.8 Å². The van der Waals surface area contributed by atoms with Crippen LogP contribution in [0.5, 0.6) is 0 Å². The number of likely N-dealkylation sites (N-methyl/N-ethyl adjacent to an activating group) is 1. The molecule has 0 atom stereocenters. The van der Waals surface area contributed by atoms with E-state index in [2.05, 4.69) is 0 Å². The Balaban J connectivity index is 2.54. The highest BCUT2D eigenvalue weighted by Gasteiger charge is 2.36. The largest absolute Gasteiger partial charge is 0.364 e. The first-order chi connectivity index (χ1) is 7.97. The van der Waals surface area contributed by atoms with Crippen LogP contribution in [0.3, 0.4) is 0 Å². The first-order valence-corrected chi connectivity index (χ1v) is 5.80. The summed E-state index contributed by atoms with van der Waals surface area (Å²) >= 11 is 0. The van der Waals surface area contributed by atoms with Gasteiger partial charge in [0.25, 0.3) is 0 Å². The normalized spacial score (nSPS) is 16.1. The predicted molar refractivity (Wildman–Crippen MR) is 70.3 cm³/mol. The average Bonchev–Trinajstić information content (AvgIpc) is 2.29. The van der Waals surface area contributed by atoms with Gasteiger partial charge in [0.05, 0.1) is 23.5 Å². The topological polar surface area (TPSA) is 49.6 Å². The Bertz CT molecular complexity index is 442. The number of amides is 1. The van der Waals surface area contributed by atoms with Crippen molar-refractivity contribution in [3.05, 3.63) is 24.3 Å². The van der Waals surface area contributed by atoms with E-state index in [9.17, 15) is 4.79 Å². The van der Waals surface area contributed by atoms with E-state index in [1.807, 2.05) is 55.0 Å². The number of rotatable bonds is 2. The molecule has 2 N–H and O–H groups in total. The Morgan fingerprint density at radius 2 is 1.88 bits per heavy atom. The van der Waals surface area contributed by atoms with Crippen LogP contribution in [-0.4, -0.2) is 31.6 Å². The number of hydrogen-bond donors (Lipinski definition) is 1. The molecule has 4 heteroatoms. The van der Waals surface area contributed by atoms with Crippen molar-refractivity contribution in [2.75, 3.05) is 29.9 Å². The van der Waals surface area contributed by atoms with Gasteiger partial charge in [-0.25, -0.2) is 0 Å². The van der Waals surface area contributed by atoms with Crippen molar-refractivity contribution in [1.29, 1.82) is 0 Å². The minimum Gasteiger partial charge on any atom is -0.364 e. The molecule has 0 aromatic heterocycles. The molecule has 1 aliphatic heterocycles. The summed E-state index contributed by atoms with van der Waals surface area (Å²) in [7, 11) is 1.93. The summed E-state index contributed by atoms with van der Waals surface area (Å²) in [6, 6.07) is 7.94. The number of benzene rings is 1. The Kier molecular flexibility index (Phi) is 2.83. The fourth-order valence-electron chi connectivity index (χ4n) is 2.22. The second-order valence-electron chi connectivity index (χ2n) is 5.09. The highest BCUT2D eigenvalue weighted by molar-refractivity contribution is 6.04. The summed E-state index contributed by atoms with van der Waals surface area (Å²) in [5.41, 5.74) is 7.45. The van der Waals surface area contributed by atoms with Gasteiger partial charge in [-0.05, 0) is 26.0 Å². The summed E-state index contributed by atoms with van der Waals surface area (Å²) in [5, 5.41) is 0. The molecule has 0 saturated heterocycles. The van der Waals surface area contributed by atoms with Gasteiger partial charge in [0, 0.05) is 13.6 Å². The number of para-hydroxylation sites is 2. The van der Waals surface area contributed by atoms with Crippen LogP contribution in [0, 0.1) is 0 Å². The van der Waals surface area contributed by atoms with Gasteiger partial charge >= 0.3 is 0 Å². The zero-order valence-electron chi connectivity index (χ0n) is 10.6. The average molecular weight is 233 g/mol. The molecule has 1 amide bonds. The van der Waals surface area contributed by atoms with Crippen molar-refractivity contribution in [1.82, 2.24) is 0 Å². The molecule has 1 heterocycles. The van der Waals surface area contributed by atoms with Gasteiger partial charge in [0.15, 0.2) is 0 Å². The van der Waals surface area contributed by atoms with Crippen LogP contribution in [-0.2, 0) is 4.79 Å². The van der Waals surface area contributed by atoms with E-state index < -0.39 is 0 Å². The molecule has 0 unspecified atom stereocenters. The number of hydrogen-bond acceptors (Lipinski definition) is 3. The molecule has 0 spiro atoms. The van der Waals surface area contributed by atoms with Crippen LogP contribution in [0.4, 0.5) is 11.4 Å². The molecule has 0 aliphatic carbocycles. The third-order valence-electron chi connectivity index (χ3n) is 3.26. The Morgan fingerprint density at radius 1 is 1.29 bits per heavy atom. The molecule has 0 bridgehead atoms. The molecule has 0 radical (unpaired) electrons. The quantitative estimate of drug-likeness (QED) is 0.835. The summed E-state index contributed by atoms with van der Waals surface area (Å²) in [5.74, 6) is 0.0988. The molecule has 2 rings (SSSR count). The number of nitrogens with two attached hydrogens (primary N) is 1. The van der Waals surface area contributed by atoms with Crippen LogP contribution in [0.15, 0.2) is 24.3 Å². The van der Waals surface area contributed by atoms with Gasteiger partial charge in [-0.2, -0.15) is 0 Å². The Labute approximate surface area is 102 Å². The molecule has 17 heavy (non-hydrogen) atoms. The second-order valence-corrected chi connectivity index (χ2v) is 5.09. The van der Waals surface area contributed by atoms with Gasteiger partial charge in [-0.3, -0.25) is 4.79 Å². The van der Waals surface area contributed by atoms with E-state index in [4.69, 9.17) is 5.73 Å². The van der Waals surface area contributed by atoms with Gasteiger partial charge in [0.1, 0.15) is 0 Å². The molecular formula is C13H19N3O. The first kappa shape index (κ1) is 11.9. The SMILES string of the molecule is CN1CC(=O)N(C(C)(C)CN)c2ccccc21. The minimum absolute atomic E-state index is 0.0988. The lowest BCUT2D eigenvalue weighted by atomic mass is 9.99.